The van der Waals surface area contributed by atoms with Gasteiger partial charge in [-0.3, -0.25) is 0 Å². The Labute approximate surface area is 131 Å². The monoisotopic (exact) mass is 298 g/mol. The predicted molar refractivity (Wildman–Crippen MR) is 93.3 cm³/mol. The van der Waals surface area contributed by atoms with Gasteiger partial charge in [-0.2, -0.15) is 0 Å². The summed E-state index contributed by atoms with van der Waals surface area (Å²) in [5, 5.41) is 0. The van der Waals surface area contributed by atoms with Crippen LogP contribution in [-0.4, -0.2) is 14.4 Å². The molecular weight excluding hydrogens is 272 g/mol. The van der Waals surface area contributed by atoms with Crippen molar-refractivity contribution in [2.24, 2.45) is 0 Å². The SMILES string of the molecule is C#CC(CC)O[Si](C#Cc1ccccc1)(C(C)C)C(C)C. The molecule has 0 radical (unpaired) electrons. The topological polar surface area (TPSA) is 9.23 Å². The third-order valence-corrected chi connectivity index (χ3v) is 8.41. The molecule has 1 nitrogen and oxygen atoms in total. The van der Waals surface area contributed by atoms with Crippen molar-refractivity contribution in [3.05, 3.63) is 35.9 Å². The number of benzene rings is 1. The molecule has 1 aromatic carbocycles. The van der Waals surface area contributed by atoms with Crippen LogP contribution >= 0.6 is 0 Å². The Bertz CT molecular complexity index is 520. The van der Waals surface area contributed by atoms with Crippen molar-refractivity contribution >= 4 is 8.32 Å². The van der Waals surface area contributed by atoms with Crippen LogP contribution in [0.3, 0.4) is 0 Å². The fourth-order valence-electron chi connectivity index (χ4n) is 2.42. The predicted octanol–water partition coefficient (Wildman–Crippen LogP) is 4.77. The van der Waals surface area contributed by atoms with Gasteiger partial charge in [0.15, 0.2) is 0 Å². The fraction of sp³-hybridized carbons (Fsp3) is 0.474. The van der Waals surface area contributed by atoms with Crippen molar-refractivity contribution in [1.29, 1.82) is 0 Å². The zero-order chi connectivity index (χ0) is 15.9. The molecule has 0 saturated carbocycles. The van der Waals surface area contributed by atoms with Crippen LogP contribution in [0.1, 0.15) is 46.6 Å². The molecule has 0 N–H and O–H groups in total. The van der Waals surface area contributed by atoms with E-state index in [-0.39, 0.29) is 6.10 Å². The van der Waals surface area contributed by atoms with Crippen molar-refractivity contribution in [2.75, 3.05) is 0 Å². The first-order chi connectivity index (χ1) is 9.96. The van der Waals surface area contributed by atoms with E-state index < -0.39 is 8.32 Å². The normalized spacial score (nSPS) is 12.7. The van der Waals surface area contributed by atoms with Gasteiger partial charge in [0.2, 0.25) is 0 Å². The Morgan fingerprint density at radius 3 is 2.10 bits per heavy atom. The standard InChI is InChI=1S/C19H26OSi/c1-7-19(8-2)20-21(16(3)4,17(5)6)15-14-18-12-10-9-11-13-18/h1,9-13,16-17,19H,8H2,2-6H3. The van der Waals surface area contributed by atoms with Crippen LogP contribution in [0.5, 0.6) is 0 Å². The minimum Gasteiger partial charge on any atom is -0.391 e. The summed E-state index contributed by atoms with van der Waals surface area (Å²) >= 11 is 0. The van der Waals surface area contributed by atoms with E-state index >= 15 is 0 Å². The first kappa shape index (κ1) is 17.6. The van der Waals surface area contributed by atoms with Gasteiger partial charge in [0.1, 0.15) is 6.10 Å². The van der Waals surface area contributed by atoms with E-state index in [2.05, 4.69) is 52.0 Å². The Morgan fingerprint density at radius 2 is 1.67 bits per heavy atom. The highest BCUT2D eigenvalue weighted by Gasteiger charge is 2.42. The molecule has 1 rings (SSSR count). The van der Waals surface area contributed by atoms with Gasteiger partial charge in [-0.15, -0.1) is 6.42 Å². The maximum atomic E-state index is 6.41. The molecule has 0 aliphatic heterocycles. The molecule has 0 bridgehead atoms. The first-order valence-electron chi connectivity index (χ1n) is 7.68. The molecule has 0 aliphatic rings. The van der Waals surface area contributed by atoms with Gasteiger partial charge in [-0.1, -0.05) is 70.2 Å². The van der Waals surface area contributed by atoms with Gasteiger partial charge in [0.25, 0.3) is 8.32 Å². The molecular formula is C19H26OSi. The highest BCUT2D eigenvalue weighted by molar-refractivity contribution is 6.84. The lowest BCUT2D eigenvalue weighted by atomic mass is 10.2. The molecule has 0 spiro atoms. The molecule has 0 aliphatic carbocycles. The van der Waals surface area contributed by atoms with E-state index in [1.165, 1.54) is 0 Å². The van der Waals surface area contributed by atoms with Gasteiger partial charge in [-0.05, 0) is 29.6 Å². The second-order valence-corrected chi connectivity index (χ2v) is 10.3. The van der Waals surface area contributed by atoms with E-state index in [0.717, 1.165) is 12.0 Å². The molecule has 21 heavy (non-hydrogen) atoms. The van der Waals surface area contributed by atoms with Gasteiger partial charge in [0, 0.05) is 5.56 Å². The van der Waals surface area contributed by atoms with E-state index in [4.69, 9.17) is 10.8 Å². The lowest BCUT2D eigenvalue weighted by molar-refractivity contribution is 0.235. The molecule has 0 aromatic heterocycles. The molecule has 0 saturated heterocycles. The maximum absolute atomic E-state index is 6.41. The van der Waals surface area contributed by atoms with Crippen molar-refractivity contribution < 1.29 is 4.43 Å². The van der Waals surface area contributed by atoms with Crippen molar-refractivity contribution in [3.63, 3.8) is 0 Å². The molecule has 0 amide bonds. The Hall–Kier alpha value is -1.48. The van der Waals surface area contributed by atoms with Crippen LogP contribution < -0.4 is 0 Å². The third kappa shape index (κ3) is 4.50. The number of terminal acetylenes is 1. The van der Waals surface area contributed by atoms with Crippen LogP contribution in [-0.2, 0) is 4.43 Å². The smallest absolute Gasteiger partial charge is 0.278 e. The van der Waals surface area contributed by atoms with E-state index in [1.807, 2.05) is 30.3 Å². The highest BCUT2D eigenvalue weighted by atomic mass is 28.4. The summed E-state index contributed by atoms with van der Waals surface area (Å²) in [6.07, 6.45) is 6.30. The molecule has 1 aromatic rings. The summed E-state index contributed by atoms with van der Waals surface area (Å²) in [5.41, 5.74) is 5.35. The summed E-state index contributed by atoms with van der Waals surface area (Å²) in [4.78, 5) is 0. The lowest BCUT2D eigenvalue weighted by Gasteiger charge is -2.35. The largest absolute Gasteiger partial charge is 0.391 e. The van der Waals surface area contributed by atoms with Crippen molar-refractivity contribution in [3.8, 4) is 23.8 Å². The Balaban J connectivity index is 3.19. The quantitative estimate of drug-likeness (QED) is 0.562. The molecule has 1 unspecified atom stereocenters. The molecule has 0 heterocycles. The van der Waals surface area contributed by atoms with Crippen LogP contribution in [0, 0.1) is 23.8 Å². The third-order valence-electron chi connectivity index (χ3n) is 3.79. The summed E-state index contributed by atoms with van der Waals surface area (Å²) in [5.74, 6) is 6.08. The zero-order valence-electron chi connectivity index (χ0n) is 13.8. The van der Waals surface area contributed by atoms with E-state index in [0.29, 0.717) is 11.1 Å². The lowest BCUT2D eigenvalue weighted by Crippen LogP contribution is -2.46. The van der Waals surface area contributed by atoms with Crippen molar-refractivity contribution in [2.45, 2.75) is 58.2 Å². The zero-order valence-corrected chi connectivity index (χ0v) is 14.8. The van der Waals surface area contributed by atoms with Gasteiger partial charge >= 0.3 is 0 Å². The van der Waals surface area contributed by atoms with E-state index in [9.17, 15) is 0 Å². The average molecular weight is 299 g/mol. The van der Waals surface area contributed by atoms with Crippen LogP contribution in [0.2, 0.25) is 11.1 Å². The average Bonchev–Trinajstić information content (AvgIpc) is 2.48. The summed E-state index contributed by atoms with van der Waals surface area (Å²) < 4.78 is 6.41. The van der Waals surface area contributed by atoms with Crippen LogP contribution in [0.25, 0.3) is 0 Å². The van der Waals surface area contributed by atoms with Crippen molar-refractivity contribution in [1.82, 2.24) is 0 Å². The second kappa shape index (κ2) is 8.08. The highest BCUT2D eigenvalue weighted by Crippen LogP contribution is 2.34. The number of hydrogen-bond donors (Lipinski definition) is 0. The fourth-order valence-corrected chi connectivity index (χ4v) is 5.98. The van der Waals surface area contributed by atoms with Gasteiger partial charge in [0.05, 0.1) is 0 Å². The minimum atomic E-state index is -2.24. The molecule has 2 heteroatoms. The molecule has 1 atom stereocenters. The number of rotatable bonds is 5. The summed E-state index contributed by atoms with van der Waals surface area (Å²) in [6.45, 7) is 10.9. The summed E-state index contributed by atoms with van der Waals surface area (Å²) in [6, 6.07) is 10.1. The van der Waals surface area contributed by atoms with Crippen LogP contribution in [0.15, 0.2) is 30.3 Å². The van der Waals surface area contributed by atoms with Gasteiger partial charge in [-0.25, -0.2) is 0 Å². The number of hydrogen-bond acceptors (Lipinski definition) is 1. The molecule has 112 valence electrons. The Kier molecular flexibility index (Phi) is 6.76. The minimum absolute atomic E-state index is 0.133. The summed E-state index contributed by atoms with van der Waals surface area (Å²) in [7, 11) is -2.24. The molecule has 0 fully saturated rings. The van der Waals surface area contributed by atoms with Gasteiger partial charge < -0.3 is 4.43 Å². The second-order valence-electron chi connectivity index (χ2n) is 5.90. The van der Waals surface area contributed by atoms with Crippen LogP contribution in [0.4, 0.5) is 0 Å². The van der Waals surface area contributed by atoms with E-state index in [1.54, 1.807) is 0 Å². The maximum Gasteiger partial charge on any atom is 0.278 e. The first-order valence-corrected chi connectivity index (χ1v) is 9.74. The Morgan fingerprint density at radius 1 is 1.10 bits per heavy atom.